The van der Waals surface area contributed by atoms with Gasteiger partial charge in [-0.15, -0.1) is 0 Å². The number of halogens is 1. The van der Waals surface area contributed by atoms with Crippen LogP contribution in [0, 0.1) is 0 Å². The molecule has 0 spiro atoms. The molecule has 0 heterocycles. The van der Waals surface area contributed by atoms with Gasteiger partial charge >= 0.3 is 33.6 Å². The van der Waals surface area contributed by atoms with Gasteiger partial charge in [0.1, 0.15) is 0 Å². The molecule has 1 atom stereocenters. The van der Waals surface area contributed by atoms with Crippen LogP contribution in [0.25, 0.3) is 0 Å². The van der Waals surface area contributed by atoms with Gasteiger partial charge in [0.05, 0.1) is 0 Å². The van der Waals surface area contributed by atoms with Crippen molar-refractivity contribution in [1.29, 1.82) is 0 Å². The first kappa shape index (κ1) is 5.34. The van der Waals surface area contributed by atoms with Crippen LogP contribution >= 0.6 is 10.5 Å². The zero-order chi connectivity index (χ0) is 4.28. The molecule has 5 heavy (non-hydrogen) atoms. The van der Waals surface area contributed by atoms with E-state index in [0.29, 0.717) is 5.75 Å². The van der Waals surface area contributed by atoms with Gasteiger partial charge in [-0.1, -0.05) is 0 Å². The van der Waals surface area contributed by atoms with Gasteiger partial charge in [-0.05, 0) is 0 Å². The molecule has 0 N–H and O–H groups in total. The SMILES string of the molecule is B#[SH](F)CC. The molecule has 0 aromatic rings. The van der Waals surface area contributed by atoms with Crippen LogP contribution in [-0.4, -0.2) is 12.3 Å². The minimum absolute atomic E-state index is 0.481. The summed E-state index contributed by atoms with van der Waals surface area (Å²) < 4.78 is 11.3. The summed E-state index contributed by atoms with van der Waals surface area (Å²) in [5.41, 5.74) is 0. The van der Waals surface area contributed by atoms with Crippen molar-refractivity contribution in [3.8, 4) is 0 Å². The van der Waals surface area contributed by atoms with Crippen molar-refractivity contribution in [2.45, 2.75) is 6.92 Å². The van der Waals surface area contributed by atoms with Gasteiger partial charge in [-0.2, -0.15) is 0 Å². The van der Waals surface area contributed by atoms with E-state index in [1.165, 1.54) is 0 Å². The molecule has 0 amide bonds. The number of thiol groups is 1. The molecule has 0 nitrogen and oxygen atoms in total. The maximum absolute atomic E-state index is 11.3. The molecule has 0 saturated carbocycles. The van der Waals surface area contributed by atoms with Crippen molar-refractivity contribution < 1.29 is 3.89 Å². The van der Waals surface area contributed by atoms with Crippen LogP contribution in [-0.2, 0) is 0 Å². The van der Waals surface area contributed by atoms with Gasteiger partial charge in [-0.3, -0.25) is 0 Å². The Bertz CT molecular complexity index is 71.5. The molecule has 0 aromatic carbocycles. The standard InChI is InChI=1S/C2H6BFS/c1-2-5(3)4/h5H,2H2,1H3. The van der Waals surface area contributed by atoms with E-state index in [2.05, 4.69) is 6.53 Å². The minimum atomic E-state index is -1.60. The molecular weight excluding hydrogens is 85.9 g/mol. The van der Waals surface area contributed by atoms with Crippen LogP contribution in [0.3, 0.4) is 0 Å². The number of rotatable bonds is 0. The molecule has 0 bridgehead atoms. The molecule has 30 valence electrons. The van der Waals surface area contributed by atoms with Gasteiger partial charge < -0.3 is 0 Å². The van der Waals surface area contributed by atoms with Crippen LogP contribution in [0.5, 0.6) is 0 Å². The second kappa shape index (κ2) is 2.58. The predicted octanol–water partition coefficient (Wildman–Crippen LogP) is 0.976. The topological polar surface area (TPSA) is 0 Å². The van der Waals surface area contributed by atoms with Crippen molar-refractivity contribution in [2.24, 2.45) is 0 Å². The van der Waals surface area contributed by atoms with Crippen LogP contribution in [0.1, 0.15) is 6.92 Å². The van der Waals surface area contributed by atoms with E-state index < -0.39 is 10.5 Å². The van der Waals surface area contributed by atoms with E-state index >= 15 is 0 Å². The third kappa shape index (κ3) is 4.34. The molecule has 3 heteroatoms. The molecule has 0 aliphatic heterocycles. The molecule has 0 radical (unpaired) electrons. The first-order chi connectivity index (χ1) is 2.27. The molecule has 0 aliphatic rings. The summed E-state index contributed by atoms with van der Waals surface area (Å²) in [6, 6.07) is 0. The van der Waals surface area contributed by atoms with Crippen molar-refractivity contribution >= 4 is 17.0 Å². The summed E-state index contributed by atoms with van der Waals surface area (Å²) in [4.78, 5) is 0. The van der Waals surface area contributed by atoms with Crippen LogP contribution in [0.4, 0.5) is 3.89 Å². The molecule has 0 aromatic heterocycles. The third-order valence-electron chi connectivity index (χ3n) is 0.302. The summed E-state index contributed by atoms with van der Waals surface area (Å²) >= 11 is 0. The molecule has 0 aliphatic carbocycles. The van der Waals surface area contributed by atoms with Gasteiger partial charge in [0.15, 0.2) is 0 Å². The fourth-order valence-electron chi connectivity index (χ4n) is 0. The Hall–Kier alpha value is 0.345. The van der Waals surface area contributed by atoms with E-state index in [4.69, 9.17) is 0 Å². The van der Waals surface area contributed by atoms with E-state index in [1.54, 1.807) is 6.92 Å². The maximum atomic E-state index is 11.3. The van der Waals surface area contributed by atoms with Crippen molar-refractivity contribution in [3.63, 3.8) is 0 Å². The molecule has 0 saturated heterocycles. The van der Waals surface area contributed by atoms with Gasteiger partial charge in [-0.25, -0.2) is 0 Å². The van der Waals surface area contributed by atoms with E-state index in [0.717, 1.165) is 0 Å². The molecular formula is C2H6BFS. The second-order valence-electron chi connectivity index (χ2n) is 0.716. The average Bonchev–Trinajstić information content (AvgIpc) is 1.38. The first-order valence-electron chi connectivity index (χ1n) is 1.45. The number of hydrogen-bond acceptors (Lipinski definition) is 0. The van der Waals surface area contributed by atoms with Crippen molar-refractivity contribution in [1.82, 2.24) is 0 Å². The van der Waals surface area contributed by atoms with Gasteiger partial charge in [0.25, 0.3) is 0 Å². The third-order valence-corrected chi connectivity index (χ3v) is 0.906. The Morgan fingerprint density at radius 3 is 2.20 bits per heavy atom. The Balaban J connectivity index is 2.97. The first-order valence-corrected chi connectivity index (χ1v) is 2.94. The quantitative estimate of drug-likeness (QED) is 0.334. The number of hydrogen-bond donors (Lipinski definition) is 1. The monoisotopic (exact) mass is 92.0 g/mol. The fourth-order valence-corrected chi connectivity index (χ4v) is 0. The Morgan fingerprint density at radius 2 is 2.20 bits per heavy atom. The Kier molecular flexibility index (Phi) is 2.75. The molecule has 0 fully saturated rings. The van der Waals surface area contributed by atoms with Crippen molar-refractivity contribution in [3.05, 3.63) is 0 Å². The normalized spacial score (nSPS) is 15.2. The van der Waals surface area contributed by atoms with Gasteiger partial charge in [0, 0.05) is 0 Å². The van der Waals surface area contributed by atoms with Crippen LogP contribution < -0.4 is 0 Å². The summed E-state index contributed by atoms with van der Waals surface area (Å²) in [5, 5.41) is 0. The van der Waals surface area contributed by atoms with Gasteiger partial charge in [0.2, 0.25) is 0 Å². The Morgan fingerprint density at radius 1 is 2.00 bits per heavy atom. The van der Waals surface area contributed by atoms with E-state index in [-0.39, 0.29) is 0 Å². The Labute approximate surface area is 34.5 Å². The summed E-state index contributed by atoms with van der Waals surface area (Å²) in [7, 11) is -1.60. The summed E-state index contributed by atoms with van der Waals surface area (Å²) in [5.74, 6) is 0.481. The average molecular weight is 91.9 g/mol. The molecule has 0 rings (SSSR count). The van der Waals surface area contributed by atoms with E-state index in [1.807, 2.05) is 0 Å². The van der Waals surface area contributed by atoms with Crippen LogP contribution in [0.2, 0.25) is 0 Å². The summed E-state index contributed by atoms with van der Waals surface area (Å²) in [6.45, 7) is 6.42. The second-order valence-corrected chi connectivity index (χ2v) is 2.15. The van der Waals surface area contributed by atoms with E-state index in [9.17, 15) is 3.89 Å². The fraction of sp³-hybridized carbons (Fsp3) is 1.00. The van der Waals surface area contributed by atoms with Crippen molar-refractivity contribution in [2.75, 3.05) is 5.75 Å². The summed E-state index contributed by atoms with van der Waals surface area (Å²) in [6.07, 6.45) is 0. The molecule has 1 unspecified atom stereocenters. The van der Waals surface area contributed by atoms with Crippen LogP contribution in [0.15, 0.2) is 0 Å². The zero-order valence-electron chi connectivity index (χ0n) is 3.11. The predicted molar refractivity (Wildman–Crippen MR) is 26.4 cm³/mol. The zero-order valence-corrected chi connectivity index (χ0v) is 4.00.